The van der Waals surface area contributed by atoms with E-state index in [0.29, 0.717) is 17.4 Å². The summed E-state index contributed by atoms with van der Waals surface area (Å²) in [5.74, 6) is 0.871. The van der Waals surface area contributed by atoms with Crippen LogP contribution in [0.3, 0.4) is 0 Å². The molecule has 2 aromatic carbocycles. The topological polar surface area (TPSA) is 50.9 Å². The number of rotatable bonds is 7. The van der Waals surface area contributed by atoms with Crippen molar-refractivity contribution in [1.29, 1.82) is 0 Å². The molecule has 0 radical (unpaired) electrons. The maximum absolute atomic E-state index is 11.0. The van der Waals surface area contributed by atoms with Crippen LogP contribution < -0.4 is 0 Å². The Morgan fingerprint density at radius 3 is 2.22 bits per heavy atom. The molecule has 0 aliphatic rings. The van der Waals surface area contributed by atoms with Gasteiger partial charge < -0.3 is 5.11 Å². The van der Waals surface area contributed by atoms with E-state index in [9.17, 15) is 5.11 Å². The van der Waals surface area contributed by atoms with Crippen molar-refractivity contribution in [3.8, 4) is 11.4 Å². The summed E-state index contributed by atoms with van der Waals surface area (Å²) < 4.78 is 0. The molecular formula is C22H31N3OSi. The summed E-state index contributed by atoms with van der Waals surface area (Å²) in [6.07, 6.45) is 0.893. The summed E-state index contributed by atoms with van der Waals surface area (Å²) in [5, 5.41) is 20.1. The predicted molar refractivity (Wildman–Crippen MR) is 116 cm³/mol. The Kier molecular flexibility index (Phi) is 5.70. The monoisotopic (exact) mass is 381 g/mol. The maximum Gasteiger partial charge on any atom is 0.146 e. The molecule has 144 valence electrons. The molecule has 3 aromatic rings. The summed E-state index contributed by atoms with van der Waals surface area (Å²) in [5.41, 5.74) is 4.46. The molecule has 1 unspecified atom stereocenters. The zero-order valence-electron chi connectivity index (χ0n) is 17.2. The molecular weight excluding hydrogens is 350 g/mol. The van der Waals surface area contributed by atoms with Crippen LogP contribution in [0.25, 0.3) is 16.7 Å². The van der Waals surface area contributed by atoms with E-state index in [1.165, 1.54) is 18.1 Å². The minimum atomic E-state index is -1.16. The molecule has 0 aliphatic carbocycles. The van der Waals surface area contributed by atoms with Crippen molar-refractivity contribution in [3.05, 3.63) is 47.5 Å². The Bertz CT molecular complexity index is 897. The second-order valence-electron chi connectivity index (χ2n) is 8.30. The Morgan fingerprint density at radius 1 is 1.07 bits per heavy atom. The van der Waals surface area contributed by atoms with Crippen molar-refractivity contribution >= 4 is 19.1 Å². The zero-order valence-corrected chi connectivity index (χ0v) is 18.2. The Balaban J connectivity index is 1.91. The number of phenolic OH excluding ortho intramolecular Hbond substituents is 1. The van der Waals surface area contributed by atoms with Gasteiger partial charge >= 0.3 is 0 Å². The highest BCUT2D eigenvalue weighted by molar-refractivity contribution is 6.78. The van der Waals surface area contributed by atoms with E-state index in [0.717, 1.165) is 28.6 Å². The Labute approximate surface area is 163 Å². The molecule has 1 N–H and O–H groups in total. The molecule has 0 saturated heterocycles. The highest BCUT2D eigenvalue weighted by atomic mass is 28.3. The number of hydrogen-bond donors (Lipinski definition) is 1. The summed E-state index contributed by atoms with van der Waals surface area (Å²) in [6, 6.07) is 15.8. The van der Waals surface area contributed by atoms with Crippen LogP contribution in [0.1, 0.15) is 31.9 Å². The van der Waals surface area contributed by atoms with E-state index in [-0.39, 0.29) is 0 Å². The van der Waals surface area contributed by atoms with Crippen molar-refractivity contribution in [2.24, 2.45) is 5.92 Å². The number of phenols is 1. The number of fused-ring (bicyclic) bond motifs is 1. The van der Waals surface area contributed by atoms with Crippen LogP contribution in [0.4, 0.5) is 0 Å². The van der Waals surface area contributed by atoms with Crippen molar-refractivity contribution in [2.75, 3.05) is 0 Å². The summed E-state index contributed by atoms with van der Waals surface area (Å²) in [6.45, 7) is 11.6. The van der Waals surface area contributed by atoms with E-state index in [1.54, 1.807) is 4.80 Å². The van der Waals surface area contributed by atoms with Crippen molar-refractivity contribution in [3.63, 3.8) is 0 Å². The number of nitrogens with zero attached hydrogens (tertiary/aromatic N) is 3. The third-order valence-corrected chi connectivity index (χ3v) is 11.0. The Morgan fingerprint density at radius 2 is 1.67 bits per heavy atom. The zero-order chi connectivity index (χ0) is 19.6. The molecule has 1 heterocycles. The SMILES string of the molecule is CC[Si](C)(CC)CC(C)Cc1cc(C)cc(-n2nc3ccccc3n2)c1O. The number of hydrogen-bond acceptors (Lipinski definition) is 3. The largest absolute Gasteiger partial charge is 0.505 e. The third kappa shape index (κ3) is 4.24. The lowest BCUT2D eigenvalue weighted by atomic mass is 9.99. The van der Waals surface area contributed by atoms with Gasteiger partial charge in [-0.3, -0.25) is 0 Å². The summed E-state index contributed by atoms with van der Waals surface area (Å²) in [7, 11) is -1.16. The molecule has 4 nitrogen and oxygen atoms in total. The van der Waals surface area contributed by atoms with Gasteiger partial charge in [-0.25, -0.2) is 0 Å². The minimum absolute atomic E-state index is 0.309. The average molecular weight is 382 g/mol. The summed E-state index contributed by atoms with van der Waals surface area (Å²) in [4.78, 5) is 1.57. The van der Waals surface area contributed by atoms with E-state index >= 15 is 0 Å². The minimum Gasteiger partial charge on any atom is -0.505 e. The lowest BCUT2D eigenvalue weighted by Gasteiger charge is -2.28. The maximum atomic E-state index is 11.0. The second-order valence-corrected chi connectivity index (χ2v) is 13.7. The normalized spacial score (nSPS) is 13.2. The smallest absolute Gasteiger partial charge is 0.146 e. The molecule has 0 bridgehead atoms. The van der Waals surface area contributed by atoms with Crippen LogP contribution in [-0.4, -0.2) is 28.2 Å². The van der Waals surface area contributed by atoms with Crippen LogP contribution in [-0.2, 0) is 6.42 Å². The highest BCUT2D eigenvalue weighted by Crippen LogP contribution is 2.33. The second kappa shape index (κ2) is 7.85. The van der Waals surface area contributed by atoms with Gasteiger partial charge in [-0.2, -0.15) is 0 Å². The van der Waals surface area contributed by atoms with E-state index < -0.39 is 8.07 Å². The van der Waals surface area contributed by atoms with Gasteiger partial charge in [-0.15, -0.1) is 15.0 Å². The third-order valence-electron chi connectivity index (χ3n) is 5.93. The fourth-order valence-corrected chi connectivity index (χ4v) is 6.84. The van der Waals surface area contributed by atoms with Crippen molar-refractivity contribution in [2.45, 2.75) is 58.8 Å². The molecule has 0 spiro atoms. The number of aromatic hydroxyl groups is 1. The molecule has 1 aromatic heterocycles. The molecule has 0 aliphatic heterocycles. The van der Waals surface area contributed by atoms with Gasteiger partial charge in [0.15, 0.2) is 0 Å². The van der Waals surface area contributed by atoms with Gasteiger partial charge in [0.05, 0.1) is 8.07 Å². The first-order chi connectivity index (χ1) is 12.8. The van der Waals surface area contributed by atoms with Crippen LogP contribution in [0.5, 0.6) is 5.75 Å². The first-order valence-corrected chi connectivity index (χ1v) is 13.1. The number of aromatic nitrogens is 3. The van der Waals surface area contributed by atoms with Crippen LogP contribution in [0, 0.1) is 12.8 Å². The lowest BCUT2D eigenvalue weighted by molar-refractivity contribution is 0.454. The standard InChI is InChI=1S/C22H31N3OSi/c1-6-27(5,7-2)15-17(4)13-18-12-16(3)14-21(22(18)26)25-23-19-10-8-9-11-20(19)24-25/h8-12,14,17,26H,6-7,13,15H2,1-5H3. The molecule has 5 heteroatoms. The van der Waals surface area contributed by atoms with Crippen molar-refractivity contribution in [1.82, 2.24) is 15.0 Å². The van der Waals surface area contributed by atoms with Gasteiger partial charge in [0.2, 0.25) is 0 Å². The van der Waals surface area contributed by atoms with Gasteiger partial charge in [-0.05, 0) is 48.6 Å². The lowest BCUT2D eigenvalue weighted by Crippen LogP contribution is -2.30. The van der Waals surface area contributed by atoms with Gasteiger partial charge in [0.25, 0.3) is 0 Å². The molecule has 27 heavy (non-hydrogen) atoms. The molecule has 1 atom stereocenters. The van der Waals surface area contributed by atoms with E-state index in [4.69, 9.17) is 0 Å². The fraction of sp³-hybridized carbons (Fsp3) is 0.455. The van der Waals surface area contributed by atoms with Gasteiger partial charge in [0, 0.05) is 0 Å². The molecule has 0 saturated carbocycles. The number of aryl methyl sites for hydroxylation is 1. The number of benzene rings is 2. The van der Waals surface area contributed by atoms with Crippen LogP contribution >= 0.6 is 0 Å². The predicted octanol–water partition coefficient (Wildman–Crippen LogP) is 5.73. The molecule has 3 rings (SSSR count). The van der Waals surface area contributed by atoms with Crippen LogP contribution in [0.2, 0.25) is 24.7 Å². The van der Waals surface area contributed by atoms with Crippen molar-refractivity contribution < 1.29 is 5.11 Å². The highest BCUT2D eigenvalue weighted by Gasteiger charge is 2.26. The van der Waals surface area contributed by atoms with Gasteiger partial charge in [-0.1, -0.05) is 63.6 Å². The van der Waals surface area contributed by atoms with Gasteiger partial charge in [0.1, 0.15) is 22.5 Å². The first kappa shape index (κ1) is 19.6. The van der Waals surface area contributed by atoms with E-state index in [1.807, 2.05) is 30.3 Å². The van der Waals surface area contributed by atoms with Crippen LogP contribution in [0.15, 0.2) is 36.4 Å². The average Bonchev–Trinajstić information content (AvgIpc) is 3.08. The van der Waals surface area contributed by atoms with E-state index in [2.05, 4.69) is 50.5 Å². The quantitative estimate of drug-likeness (QED) is 0.532. The molecule has 0 fully saturated rings. The Hall–Kier alpha value is -2.14. The first-order valence-electron chi connectivity index (χ1n) is 10.00. The summed E-state index contributed by atoms with van der Waals surface area (Å²) >= 11 is 0. The molecule has 0 amide bonds. The fourth-order valence-electron chi connectivity index (χ4n) is 3.94.